The number of allylic oxidation sites excluding steroid dienone is 16. The van der Waals surface area contributed by atoms with Gasteiger partial charge in [-0.1, -0.05) is 361 Å². The zero-order chi connectivity index (χ0) is 72.2. The molecule has 0 aromatic carbocycles. The van der Waals surface area contributed by atoms with Crippen molar-refractivity contribution in [3.63, 3.8) is 0 Å². The van der Waals surface area contributed by atoms with Gasteiger partial charge in [0, 0.05) is 6.42 Å². The highest BCUT2D eigenvalue weighted by Crippen LogP contribution is 2.30. The molecule has 14 nitrogen and oxygen atoms in total. The predicted molar refractivity (Wildman–Crippen MR) is 415 cm³/mol. The standard InChI is InChI=1S/C86H153NO13/c1-3-5-7-9-11-13-15-17-19-21-23-25-27-29-31-32-33-34-35-36-37-38-39-40-41-42-44-46-48-50-52-54-56-58-60-62-64-66-68-70-78(91)87-74(73-97-85-83(96)81(94)84(77(72-89)99-85)100-86-82(95)80(93)79(92)76(71-88)98-86)75(90)69-67-65-63-61-59-57-55-53-51-49-47-45-43-30-28-26-24-22-20-18-16-14-12-10-8-6-4-2/h5,7,11,13,17,19,23,25,29,31,33-34,36-37,39-40,74-77,79-86,88-90,92-96H,3-4,6,8-10,12,14-16,18,20-22,24,26-28,30,32,35,38,41-73H2,1-2H3,(H,87,91)/b7-5-,13-11-,19-17-,25-23-,31-29-,34-33-,37-36-,40-39-. The molecule has 0 bridgehead atoms. The van der Waals surface area contributed by atoms with Crippen molar-refractivity contribution in [1.29, 1.82) is 0 Å². The molecule has 0 aromatic rings. The largest absolute Gasteiger partial charge is 0.394 e. The summed E-state index contributed by atoms with van der Waals surface area (Å²) in [6.07, 6.45) is 81.6. The second-order valence-electron chi connectivity index (χ2n) is 28.9. The minimum absolute atomic E-state index is 0.205. The summed E-state index contributed by atoms with van der Waals surface area (Å²) in [6, 6.07) is -0.836. The molecule has 0 radical (unpaired) electrons. The third kappa shape index (κ3) is 51.2. The van der Waals surface area contributed by atoms with Crippen molar-refractivity contribution in [3.05, 3.63) is 97.2 Å². The lowest BCUT2D eigenvalue weighted by Crippen LogP contribution is -2.65. The van der Waals surface area contributed by atoms with Gasteiger partial charge < -0.3 is 65.1 Å². The van der Waals surface area contributed by atoms with Crippen LogP contribution in [0.1, 0.15) is 348 Å². The normalized spacial score (nSPS) is 22.3. The molecule has 14 heteroatoms. The Morgan fingerprint density at radius 1 is 0.370 bits per heavy atom. The number of aliphatic hydroxyl groups is 8. The van der Waals surface area contributed by atoms with Crippen molar-refractivity contribution < 1.29 is 64.6 Å². The van der Waals surface area contributed by atoms with Crippen molar-refractivity contribution in [2.75, 3.05) is 19.8 Å². The summed E-state index contributed by atoms with van der Waals surface area (Å²) in [5, 5.41) is 87.9. The summed E-state index contributed by atoms with van der Waals surface area (Å²) >= 11 is 0. The smallest absolute Gasteiger partial charge is 0.220 e. The van der Waals surface area contributed by atoms with E-state index < -0.39 is 86.8 Å². The monoisotopic (exact) mass is 1410 g/mol. The van der Waals surface area contributed by atoms with E-state index in [2.05, 4.69) is 116 Å². The van der Waals surface area contributed by atoms with E-state index in [1.807, 2.05) is 0 Å². The molecular weight excluding hydrogens is 1250 g/mol. The Kier molecular flexibility index (Phi) is 64.1. The van der Waals surface area contributed by atoms with Crippen LogP contribution in [-0.4, -0.2) is 140 Å². The molecular formula is C86H153NO13. The van der Waals surface area contributed by atoms with Crippen LogP contribution in [0.2, 0.25) is 0 Å². The van der Waals surface area contributed by atoms with Crippen LogP contribution in [0.15, 0.2) is 97.2 Å². The molecule has 0 aromatic heterocycles. The van der Waals surface area contributed by atoms with Gasteiger partial charge in [0.2, 0.25) is 5.91 Å². The summed E-state index contributed by atoms with van der Waals surface area (Å²) < 4.78 is 23.0. The van der Waals surface area contributed by atoms with Crippen LogP contribution < -0.4 is 5.32 Å². The van der Waals surface area contributed by atoms with Gasteiger partial charge in [0.05, 0.1) is 32.0 Å². The molecule has 2 rings (SSSR count). The molecule has 2 heterocycles. The van der Waals surface area contributed by atoms with E-state index >= 15 is 0 Å². The number of carbonyl (C=O) groups excluding carboxylic acids is 1. The summed E-state index contributed by atoms with van der Waals surface area (Å²) in [6.45, 7) is 2.79. The van der Waals surface area contributed by atoms with Crippen molar-refractivity contribution in [2.24, 2.45) is 0 Å². The quantitative estimate of drug-likeness (QED) is 0.0204. The molecule has 0 aliphatic carbocycles. The number of hydrogen-bond donors (Lipinski definition) is 9. The molecule has 580 valence electrons. The van der Waals surface area contributed by atoms with Gasteiger partial charge in [-0.3, -0.25) is 4.79 Å². The van der Waals surface area contributed by atoms with E-state index in [-0.39, 0.29) is 12.5 Å². The van der Waals surface area contributed by atoms with Crippen molar-refractivity contribution in [2.45, 2.75) is 421 Å². The Morgan fingerprint density at radius 2 is 0.690 bits per heavy atom. The first-order valence-electron chi connectivity index (χ1n) is 41.5. The van der Waals surface area contributed by atoms with Crippen LogP contribution in [0.25, 0.3) is 0 Å². The molecule has 2 saturated heterocycles. The van der Waals surface area contributed by atoms with Crippen LogP contribution in [0, 0.1) is 0 Å². The molecule has 2 fully saturated rings. The number of amides is 1. The Bertz CT molecular complexity index is 2050. The summed E-state index contributed by atoms with van der Waals surface area (Å²) in [5.74, 6) is -0.205. The number of nitrogens with one attached hydrogen (secondary N) is 1. The van der Waals surface area contributed by atoms with Gasteiger partial charge in [0.25, 0.3) is 0 Å². The van der Waals surface area contributed by atoms with E-state index in [0.29, 0.717) is 12.8 Å². The summed E-state index contributed by atoms with van der Waals surface area (Å²) in [5.41, 5.74) is 0. The lowest BCUT2D eigenvalue weighted by molar-refractivity contribution is -0.359. The molecule has 12 atom stereocenters. The second-order valence-corrected chi connectivity index (χ2v) is 28.9. The maximum absolute atomic E-state index is 13.4. The van der Waals surface area contributed by atoms with E-state index in [4.69, 9.17) is 18.9 Å². The Morgan fingerprint density at radius 3 is 1.06 bits per heavy atom. The molecule has 1 amide bonds. The van der Waals surface area contributed by atoms with Gasteiger partial charge in [-0.2, -0.15) is 0 Å². The number of rotatable bonds is 69. The van der Waals surface area contributed by atoms with E-state index in [0.717, 1.165) is 103 Å². The average Bonchev–Trinajstić information content (AvgIpc) is 0.796. The van der Waals surface area contributed by atoms with Gasteiger partial charge in [-0.15, -0.1) is 0 Å². The Labute approximate surface area is 611 Å². The highest BCUT2D eigenvalue weighted by atomic mass is 16.7. The van der Waals surface area contributed by atoms with Gasteiger partial charge in [0.15, 0.2) is 12.6 Å². The summed E-state index contributed by atoms with van der Waals surface area (Å²) in [4.78, 5) is 13.4. The number of carbonyl (C=O) groups is 1. The zero-order valence-electron chi connectivity index (χ0n) is 63.7. The molecule has 12 unspecified atom stereocenters. The van der Waals surface area contributed by atoms with Crippen LogP contribution in [0.4, 0.5) is 0 Å². The van der Waals surface area contributed by atoms with E-state index in [1.165, 1.54) is 218 Å². The first-order valence-corrected chi connectivity index (χ1v) is 41.5. The van der Waals surface area contributed by atoms with Gasteiger partial charge in [-0.05, 0) is 77.0 Å². The minimum Gasteiger partial charge on any atom is -0.394 e. The fourth-order valence-corrected chi connectivity index (χ4v) is 13.3. The number of hydrogen-bond acceptors (Lipinski definition) is 13. The van der Waals surface area contributed by atoms with Gasteiger partial charge in [0.1, 0.15) is 48.8 Å². The number of ether oxygens (including phenoxy) is 4. The average molecular weight is 1410 g/mol. The molecule has 9 N–H and O–H groups in total. The van der Waals surface area contributed by atoms with Crippen LogP contribution in [-0.2, 0) is 23.7 Å². The SMILES string of the molecule is CC/C=C\C/C=C\C/C=C\C/C=C\C/C=C\C/C=C\C/C=C\C/C=C\CCCCCCCCCCCCCCCCC(=O)NC(COC1OC(CO)C(OC2OC(CO)C(O)C(O)C2O)C(O)C1O)C(O)CCCCCCCCCCCCCCCCCCCCCCCCCCCCC. The van der Waals surface area contributed by atoms with E-state index in [1.54, 1.807) is 0 Å². The van der Waals surface area contributed by atoms with E-state index in [9.17, 15) is 45.6 Å². The van der Waals surface area contributed by atoms with Gasteiger partial charge >= 0.3 is 0 Å². The van der Waals surface area contributed by atoms with Crippen molar-refractivity contribution in [3.8, 4) is 0 Å². The molecule has 0 spiro atoms. The lowest BCUT2D eigenvalue weighted by Gasteiger charge is -2.46. The lowest BCUT2D eigenvalue weighted by atomic mass is 9.97. The topological polar surface area (TPSA) is 228 Å². The molecule has 2 aliphatic heterocycles. The zero-order valence-corrected chi connectivity index (χ0v) is 63.7. The first kappa shape index (κ1) is 93.0. The van der Waals surface area contributed by atoms with Crippen LogP contribution >= 0.6 is 0 Å². The number of unbranched alkanes of at least 4 members (excludes halogenated alkanes) is 40. The second kappa shape index (κ2) is 69.0. The maximum atomic E-state index is 13.4. The third-order valence-corrected chi connectivity index (χ3v) is 19.8. The Balaban J connectivity index is 1.59. The Hall–Kier alpha value is -3.09. The highest BCUT2D eigenvalue weighted by Gasteiger charge is 2.51. The summed E-state index contributed by atoms with van der Waals surface area (Å²) in [7, 11) is 0. The van der Waals surface area contributed by atoms with Gasteiger partial charge in [-0.25, -0.2) is 0 Å². The number of aliphatic hydroxyl groups excluding tert-OH is 8. The fraction of sp³-hybridized carbons (Fsp3) is 0.802. The molecule has 0 saturated carbocycles. The third-order valence-electron chi connectivity index (χ3n) is 19.8. The first-order chi connectivity index (χ1) is 49.1. The molecule has 2 aliphatic rings. The van der Waals surface area contributed by atoms with Crippen molar-refractivity contribution in [1.82, 2.24) is 5.32 Å². The highest BCUT2D eigenvalue weighted by molar-refractivity contribution is 5.76. The molecule has 100 heavy (non-hydrogen) atoms. The predicted octanol–water partition coefficient (Wildman–Crippen LogP) is 19.2. The fourth-order valence-electron chi connectivity index (χ4n) is 13.3. The van der Waals surface area contributed by atoms with Crippen LogP contribution in [0.5, 0.6) is 0 Å². The van der Waals surface area contributed by atoms with Crippen LogP contribution in [0.3, 0.4) is 0 Å². The minimum atomic E-state index is -1.79. The maximum Gasteiger partial charge on any atom is 0.220 e. The van der Waals surface area contributed by atoms with Crippen molar-refractivity contribution >= 4 is 5.91 Å².